The van der Waals surface area contributed by atoms with Gasteiger partial charge in [0, 0.05) is 18.1 Å². The van der Waals surface area contributed by atoms with Crippen LogP contribution in [0, 0.1) is 5.92 Å². The van der Waals surface area contributed by atoms with E-state index in [-0.39, 0.29) is 6.10 Å². The number of nitrogens with two attached hydrogens (primary N) is 1. The number of nitrogen functional groups attached to an aromatic ring is 1. The van der Waals surface area contributed by atoms with Gasteiger partial charge in [0.05, 0.1) is 23.0 Å². The second kappa shape index (κ2) is 5.67. The monoisotopic (exact) mass is 271 g/mol. The van der Waals surface area contributed by atoms with Crippen LogP contribution in [0.3, 0.4) is 0 Å². The molecule has 1 aromatic heterocycles. The van der Waals surface area contributed by atoms with Crippen molar-refractivity contribution in [3.05, 3.63) is 30.5 Å². The van der Waals surface area contributed by atoms with Crippen LogP contribution < -0.4 is 11.1 Å². The lowest BCUT2D eigenvalue weighted by atomic mass is 9.87. The van der Waals surface area contributed by atoms with Crippen molar-refractivity contribution < 1.29 is 5.11 Å². The average Bonchev–Trinajstić information content (AvgIpc) is 2.49. The largest absolute Gasteiger partial charge is 0.397 e. The lowest BCUT2D eigenvalue weighted by molar-refractivity contribution is 0.111. The number of pyridine rings is 1. The number of hydrogen-bond acceptors (Lipinski definition) is 4. The minimum Gasteiger partial charge on any atom is -0.397 e. The molecule has 1 fully saturated rings. The molecule has 3 rings (SSSR count). The van der Waals surface area contributed by atoms with Crippen LogP contribution in [0.5, 0.6) is 0 Å². The van der Waals surface area contributed by atoms with Crippen LogP contribution in [0.2, 0.25) is 0 Å². The predicted molar refractivity (Wildman–Crippen MR) is 82.6 cm³/mol. The lowest BCUT2D eigenvalue weighted by Crippen LogP contribution is -2.23. The zero-order chi connectivity index (χ0) is 13.9. The fraction of sp³-hybridized carbons (Fsp3) is 0.438. The molecule has 0 atom stereocenters. The fourth-order valence-corrected chi connectivity index (χ4v) is 2.93. The van der Waals surface area contributed by atoms with E-state index in [1.54, 1.807) is 6.20 Å². The first-order valence-corrected chi connectivity index (χ1v) is 7.29. The Labute approximate surface area is 119 Å². The van der Waals surface area contributed by atoms with E-state index in [1.165, 1.54) is 0 Å². The van der Waals surface area contributed by atoms with Gasteiger partial charge in [0.1, 0.15) is 0 Å². The average molecular weight is 271 g/mol. The van der Waals surface area contributed by atoms with E-state index >= 15 is 0 Å². The molecular weight excluding hydrogens is 250 g/mol. The van der Waals surface area contributed by atoms with E-state index < -0.39 is 0 Å². The summed E-state index contributed by atoms with van der Waals surface area (Å²) in [6, 6.07) is 7.91. The molecule has 4 nitrogen and oxygen atoms in total. The van der Waals surface area contributed by atoms with Gasteiger partial charge in [-0.3, -0.25) is 4.98 Å². The molecule has 106 valence electrons. The summed E-state index contributed by atoms with van der Waals surface area (Å²) < 4.78 is 0. The van der Waals surface area contributed by atoms with E-state index in [0.717, 1.165) is 54.5 Å². The van der Waals surface area contributed by atoms with Gasteiger partial charge in [0.25, 0.3) is 0 Å². The number of hydrogen-bond donors (Lipinski definition) is 3. The molecule has 1 aliphatic carbocycles. The normalized spacial score (nSPS) is 22.9. The number of aromatic nitrogens is 1. The molecule has 4 heteroatoms. The molecule has 0 amide bonds. The van der Waals surface area contributed by atoms with Crippen molar-refractivity contribution in [2.75, 3.05) is 17.6 Å². The highest BCUT2D eigenvalue weighted by Gasteiger charge is 2.19. The van der Waals surface area contributed by atoms with Crippen LogP contribution in [0.4, 0.5) is 11.4 Å². The molecule has 0 saturated heterocycles. The molecule has 1 aromatic carbocycles. The molecule has 1 saturated carbocycles. The number of anilines is 2. The van der Waals surface area contributed by atoms with Crippen molar-refractivity contribution in [1.29, 1.82) is 0 Å². The van der Waals surface area contributed by atoms with E-state index in [4.69, 9.17) is 5.73 Å². The van der Waals surface area contributed by atoms with Gasteiger partial charge in [-0.1, -0.05) is 0 Å². The van der Waals surface area contributed by atoms with Crippen LogP contribution in [-0.4, -0.2) is 22.7 Å². The lowest BCUT2D eigenvalue weighted by Gasteiger charge is -2.26. The maximum absolute atomic E-state index is 9.53. The third-order valence-corrected chi connectivity index (χ3v) is 4.22. The number of aliphatic hydroxyl groups excluding tert-OH is 1. The fourth-order valence-electron chi connectivity index (χ4n) is 2.93. The van der Waals surface area contributed by atoms with Gasteiger partial charge in [-0.2, -0.15) is 0 Å². The molecule has 0 unspecified atom stereocenters. The number of fused-ring (bicyclic) bond motifs is 1. The quantitative estimate of drug-likeness (QED) is 0.751. The smallest absolute Gasteiger partial charge is 0.0724 e. The molecule has 0 radical (unpaired) electrons. The van der Waals surface area contributed by atoms with Gasteiger partial charge in [0.15, 0.2) is 0 Å². The Kier molecular flexibility index (Phi) is 3.74. The Bertz CT molecular complexity index is 591. The third kappa shape index (κ3) is 2.70. The van der Waals surface area contributed by atoms with Crippen molar-refractivity contribution in [1.82, 2.24) is 4.98 Å². The highest BCUT2D eigenvalue weighted by molar-refractivity contribution is 5.96. The molecule has 0 spiro atoms. The van der Waals surface area contributed by atoms with Gasteiger partial charge in [0.2, 0.25) is 0 Å². The molecule has 1 aliphatic rings. The minimum absolute atomic E-state index is 0.0944. The van der Waals surface area contributed by atoms with Gasteiger partial charge < -0.3 is 16.2 Å². The first-order chi connectivity index (χ1) is 9.74. The zero-order valence-electron chi connectivity index (χ0n) is 11.5. The van der Waals surface area contributed by atoms with Crippen LogP contribution in [0.15, 0.2) is 30.5 Å². The standard InChI is InChI=1S/C16H21N3O/c17-16-13-2-1-9-18-14(13)7-8-15(16)19-10-11-3-5-12(20)6-4-11/h1-2,7-9,11-12,19-20H,3-6,10,17H2. The Morgan fingerprint density at radius 1 is 1.20 bits per heavy atom. The number of aliphatic hydroxyl groups is 1. The molecule has 4 N–H and O–H groups in total. The number of benzene rings is 1. The van der Waals surface area contributed by atoms with Crippen molar-refractivity contribution >= 4 is 22.3 Å². The van der Waals surface area contributed by atoms with E-state index in [2.05, 4.69) is 10.3 Å². The Morgan fingerprint density at radius 3 is 2.80 bits per heavy atom. The van der Waals surface area contributed by atoms with Gasteiger partial charge >= 0.3 is 0 Å². The van der Waals surface area contributed by atoms with Gasteiger partial charge in [-0.05, 0) is 55.9 Å². The highest BCUT2D eigenvalue weighted by Crippen LogP contribution is 2.29. The zero-order valence-corrected chi connectivity index (χ0v) is 11.5. The first kappa shape index (κ1) is 13.2. The summed E-state index contributed by atoms with van der Waals surface area (Å²) in [6.45, 7) is 0.919. The van der Waals surface area contributed by atoms with Crippen LogP contribution in [-0.2, 0) is 0 Å². The number of rotatable bonds is 3. The molecule has 0 bridgehead atoms. The summed E-state index contributed by atoms with van der Waals surface area (Å²) in [6.07, 6.45) is 5.70. The minimum atomic E-state index is -0.0944. The van der Waals surface area contributed by atoms with Crippen molar-refractivity contribution in [3.8, 4) is 0 Å². The molecular formula is C16H21N3O. The molecule has 20 heavy (non-hydrogen) atoms. The summed E-state index contributed by atoms with van der Waals surface area (Å²) >= 11 is 0. The van der Waals surface area contributed by atoms with Crippen molar-refractivity contribution in [3.63, 3.8) is 0 Å². The predicted octanol–water partition coefficient (Wildman–Crippen LogP) is 2.78. The Balaban J connectivity index is 1.70. The Hall–Kier alpha value is -1.81. The molecule has 0 aliphatic heterocycles. The van der Waals surface area contributed by atoms with Crippen LogP contribution >= 0.6 is 0 Å². The van der Waals surface area contributed by atoms with E-state index in [9.17, 15) is 5.11 Å². The SMILES string of the molecule is Nc1c(NCC2CCC(O)CC2)ccc2ncccc12. The van der Waals surface area contributed by atoms with Crippen molar-refractivity contribution in [2.24, 2.45) is 5.92 Å². The highest BCUT2D eigenvalue weighted by atomic mass is 16.3. The number of nitrogens with one attached hydrogen (secondary N) is 1. The van der Waals surface area contributed by atoms with Crippen LogP contribution in [0.1, 0.15) is 25.7 Å². The number of nitrogens with zero attached hydrogens (tertiary/aromatic N) is 1. The molecule has 1 heterocycles. The van der Waals surface area contributed by atoms with Gasteiger partial charge in [-0.15, -0.1) is 0 Å². The summed E-state index contributed by atoms with van der Waals surface area (Å²) in [4.78, 5) is 4.31. The summed E-state index contributed by atoms with van der Waals surface area (Å²) in [7, 11) is 0. The van der Waals surface area contributed by atoms with E-state index in [0.29, 0.717) is 5.92 Å². The molecule has 2 aromatic rings. The second-order valence-corrected chi connectivity index (χ2v) is 5.65. The maximum atomic E-state index is 9.53. The first-order valence-electron chi connectivity index (χ1n) is 7.29. The van der Waals surface area contributed by atoms with Gasteiger partial charge in [-0.25, -0.2) is 0 Å². The van der Waals surface area contributed by atoms with Crippen molar-refractivity contribution in [2.45, 2.75) is 31.8 Å². The summed E-state index contributed by atoms with van der Waals surface area (Å²) in [5.41, 5.74) is 8.89. The maximum Gasteiger partial charge on any atom is 0.0724 e. The Morgan fingerprint density at radius 2 is 2.00 bits per heavy atom. The topological polar surface area (TPSA) is 71.2 Å². The second-order valence-electron chi connectivity index (χ2n) is 5.65. The van der Waals surface area contributed by atoms with E-state index in [1.807, 2.05) is 24.3 Å². The third-order valence-electron chi connectivity index (χ3n) is 4.22. The van der Waals surface area contributed by atoms with Crippen LogP contribution in [0.25, 0.3) is 10.9 Å². The summed E-state index contributed by atoms with van der Waals surface area (Å²) in [5.74, 6) is 0.627. The summed E-state index contributed by atoms with van der Waals surface area (Å²) in [5, 5.41) is 14.0.